The van der Waals surface area contributed by atoms with Crippen molar-refractivity contribution in [2.75, 3.05) is 26.3 Å². The number of rotatable bonds is 2. The van der Waals surface area contributed by atoms with E-state index >= 15 is 0 Å². The largest absolute Gasteiger partial charge is 0.381 e. The van der Waals surface area contributed by atoms with Crippen LogP contribution in [0.2, 0.25) is 0 Å². The molecule has 2 saturated heterocycles. The predicted octanol–water partition coefficient (Wildman–Crippen LogP) is 2.79. The molecule has 1 amide bonds. The molecule has 3 rings (SSSR count). The number of hydrogen-bond acceptors (Lipinski definition) is 4. The number of piperidine rings is 1. The summed E-state index contributed by atoms with van der Waals surface area (Å²) >= 11 is 4.70. The third kappa shape index (κ3) is 2.85. The van der Waals surface area contributed by atoms with Crippen LogP contribution in [0.5, 0.6) is 0 Å². The first kappa shape index (κ1) is 13.5. The van der Waals surface area contributed by atoms with Crippen molar-refractivity contribution < 1.29 is 9.53 Å². The summed E-state index contributed by atoms with van der Waals surface area (Å²) in [5, 5.41) is 1.86. The Bertz CT molecular complexity index is 451. The van der Waals surface area contributed by atoms with E-state index in [0.717, 1.165) is 49.5 Å². The van der Waals surface area contributed by atoms with Gasteiger partial charge < -0.3 is 9.64 Å². The third-order valence-electron chi connectivity index (χ3n) is 4.19. The maximum atomic E-state index is 12.3. The summed E-state index contributed by atoms with van der Waals surface area (Å²) in [7, 11) is 0. The minimum atomic E-state index is 0.0641. The van der Waals surface area contributed by atoms with E-state index in [4.69, 9.17) is 4.74 Å². The summed E-state index contributed by atoms with van der Waals surface area (Å²) < 4.78 is 10.4. The van der Waals surface area contributed by atoms with Crippen molar-refractivity contribution in [1.29, 1.82) is 0 Å². The van der Waals surface area contributed by atoms with Crippen LogP contribution in [-0.2, 0) is 4.74 Å². The lowest BCUT2D eigenvalue weighted by Crippen LogP contribution is -2.40. The van der Waals surface area contributed by atoms with Gasteiger partial charge in [-0.25, -0.2) is 0 Å². The molecule has 2 fully saturated rings. The Labute approximate surface area is 125 Å². The second-order valence-corrected chi connectivity index (χ2v) is 6.75. The quantitative estimate of drug-likeness (QED) is 0.828. The van der Waals surface area contributed by atoms with E-state index in [0.29, 0.717) is 11.6 Å². The molecule has 0 bridgehead atoms. The molecule has 1 atom stereocenters. The van der Waals surface area contributed by atoms with E-state index in [1.54, 1.807) is 0 Å². The van der Waals surface area contributed by atoms with Crippen molar-refractivity contribution in [2.45, 2.75) is 19.3 Å². The molecule has 4 nitrogen and oxygen atoms in total. The molecular formula is C13H17BrN2O2S. The molecule has 0 saturated carbocycles. The molecule has 2 aliphatic rings. The zero-order valence-electron chi connectivity index (χ0n) is 10.7. The van der Waals surface area contributed by atoms with Crippen LogP contribution in [0.4, 0.5) is 0 Å². The lowest BCUT2D eigenvalue weighted by atomic mass is 9.84. The summed E-state index contributed by atoms with van der Waals surface area (Å²) in [6, 6.07) is 0. The topological polar surface area (TPSA) is 42.4 Å². The Kier molecular flexibility index (Phi) is 4.19. The fourth-order valence-corrected chi connectivity index (χ4v) is 4.18. The zero-order chi connectivity index (χ0) is 13.2. The Hall–Kier alpha value is -0.460. The number of carbonyl (C=O) groups is 1. The van der Waals surface area contributed by atoms with Crippen LogP contribution in [-0.4, -0.2) is 41.5 Å². The molecule has 0 N–H and O–H groups in total. The summed E-state index contributed by atoms with van der Waals surface area (Å²) in [4.78, 5) is 14.3. The Morgan fingerprint density at radius 2 is 2.16 bits per heavy atom. The first-order valence-corrected chi connectivity index (χ1v) is 8.35. The second kappa shape index (κ2) is 5.89. The predicted molar refractivity (Wildman–Crippen MR) is 77.4 cm³/mol. The maximum absolute atomic E-state index is 12.3. The number of halogens is 1. The number of carbonyl (C=O) groups excluding carboxylic acids is 1. The van der Waals surface area contributed by atoms with Gasteiger partial charge in [0, 0.05) is 31.7 Å². The van der Waals surface area contributed by atoms with Crippen molar-refractivity contribution in [3.63, 3.8) is 0 Å². The summed E-state index contributed by atoms with van der Waals surface area (Å²) in [5.41, 5.74) is 0.563. The average Bonchev–Trinajstić information content (AvgIpc) is 3.09. The van der Waals surface area contributed by atoms with Gasteiger partial charge in [-0.05, 0) is 58.6 Å². The molecule has 0 radical (unpaired) electrons. The number of aromatic nitrogens is 1. The molecule has 0 aromatic carbocycles. The van der Waals surface area contributed by atoms with Crippen molar-refractivity contribution in [2.24, 2.45) is 11.8 Å². The number of nitrogens with zero attached hydrogens (tertiary/aromatic N) is 2. The lowest BCUT2D eigenvalue weighted by Gasteiger charge is -2.34. The molecule has 0 aliphatic carbocycles. The first-order valence-electron chi connectivity index (χ1n) is 6.72. The number of amides is 1. The van der Waals surface area contributed by atoms with Gasteiger partial charge in [0.15, 0.2) is 5.69 Å². The van der Waals surface area contributed by atoms with Crippen LogP contribution in [0.3, 0.4) is 0 Å². The molecule has 2 aliphatic heterocycles. The highest BCUT2D eigenvalue weighted by Gasteiger charge is 2.31. The van der Waals surface area contributed by atoms with E-state index in [1.165, 1.54) is 18.0 Å². The summed E-state index contributed by atoms with van der Waals surface area (Å²) in [5.74, 6) is 1.50. The lowest BCUT2D eigenvalue weighted by molar-refractivity contribution is 0.0643. The minimum absolute atomic E-state index is 0.0641. The van der Waals surface area contributed by atoms with Gasteiger partial charge in [-0.15, -0.1) is 0 Å². The smallest absolute Gasteiger partial charge is 0.274 e. The highest BCUT2D eigenvalue weighted by atomic mass is 79.9. The molecule has 19 heavy (non-hydrogen) atoms. The Morgan fingerprint density at radius 3 is 2.74 bits per heavy atom. The van der Waals surface area contributed by atoms with Gasteiger partial charge in [-0.2, -0.15) is 4.37 Å². The minimum Gasteiger partial charge on any atom is -0.381 e. The molecule has 1 aromatic rings. The fourth-order valence-electron chi connectivity index (χ4n) is 3.01. The van der Waals surface area contributed by atoms with Crippen LogP contribution in [0.15, 0.2) is 9.85 Å². The number of hydrogen-bond donors (Lipinski definition) is 0. The average molecular weight is 345 g/mol. The van der Waals surface area contributed by atoms with Crippen molar-refractivity contribution in [3.8, 4) is 0 Å². The van der Waals surface area contributed by atoms with Crippen molar-refractivity contribution in [1.82, 2.24) is 9.27 Å². The van der Waals surface area contributed by atoms with Crippen LogP contribution in [0.25, 0.3) is 0 Å². The van der Waals surface area contributed by atoms with Crippen LogP contribution in [0, 0.1) is 11.8 Å². The van der Waals surface area contributed by atoms with E-state index in [2.05, 4.69) is 20.3 Å². The molecule has 104 valence electrons. The number of ether oxygens (including phenoxy) is 1. The van der Waals surface area contributed by atoms with Crippen LogP contribution in [0.1, 0.15) is 29.8 Å². The third-order valence-corrected chi connectivity index (χ3v) is 5.72. The van der Waals surface area contributed by atoms with Gasteiger partial charge in [0.2, 0.25) is 0 Å². The molecule has 1 unspecified atom stereocenters. The molecular weight excluding hydrogens is 328 g/mol. The van der Waals surface area contributed by atoms with E-state index in [-0.39, 0.29) is 5.91 Å². The van der Waals surface area contributed by atoms with E-state index in [1.807, 2.05) is 10.3 Å². The van der Waals surface area contributed by atoms with Gasteiger partial charge in [0.25, 0.3) is 5.91 Å². The highest BCUT2D eigenvalue weighted by molar-refractivity contribution is 9.10. The fraction of sp³-hybridized carbons (Fsp3) is 0.692. The molecule has 3 heterocycles. The standard InChI is InChI=1S/C13H17BrN2O2S/c14-11-8-19-15-12(11)13(17)16-4-1-9(2-5-16)10-3-6-18-7-10/h8-10H,1-7H2. The van der Waals surface area contributed by atoms with Crippen LogP contribution >= 0.6 is 27.5 Å². The van der Waals surface area contributed by atoms with E-state index < -0.39 is 0 Å². The van der Waals surface area contributed by atoms with Gasteiger partial charge >= 0.3 is 0 Å². The van der Waals surface area contributed by atoms with Crippen LogP contribution < -0.4 is 0 Å². The second-order valence-electron chi connectivity index (χ2n) is 5.26. The summed E-state index contributed by atoms with van der Waals surface area (Å²) in [6.45, 7) is 3.53. The van der Waals surface area contributed by atoms with Gasteiger partial charge in [0.1, 0.15) is 0 Å². The summed E-state index contributed by atoms with van der Waals surface area (Å²) in [6.07, 6.45) is 3.39. The molecule has 0 spiro atoms. The zero-order valence-corrected chi connectivity index (χ0v) is 13.1. The Balaban J connectivity index is 1.58. The highest BCUT2D eigenvalue weighted by Crippen LogP contribution is 2.31. The van der Waals surface area contributed by atoms with Gasteiger partial charge in [-0.3, -0.25) is 4.79 Å². The number of likely N-dealkylation sites (tertiary alicyclic amines) is 1. The molecule has 6 heteroatoms. The Morgan fingerprint density at radius 1 is 1.37 bits per heavy atom. The van der Waals surface area contributed by atoms with Crippen molar-refractivity contribution in [3.05, 3.63) is 15.5 Å². The van der Waals surface area contributed by atoms with E-state index in [9.17, 15) is 4.79 Å². The van der Waals surface area contributed by atoms with Gasteiger partial charge in [-0.1, -0.05) is 0 Å². The first-order chi connectivity index (χ1) is 9.25. The van der Waals surface area contributed by atoms with Crippen molar-refractivity contribution >= 4 is 33.4 Å². The normalized spacial score (nSPS) is 24.9. The monoisotopic (exact) mass is 344 g/mol. The van der Waals surface area contributed by atoms with Gasteiger partial charge in [0.05, 0.1) is 4.47 Å². The maximum Gasteiger partial charge on any atom is 0.274 e. The SMILES string of the molecule is O=C(c1nscc1Br)N1CCC(C2CCOC2)CC1. The molecule has 1 aromatic heterocycles.